The minimum Gasteiger partial charge on any atom is -0.368 e. The monoisotopic (exact) mass is 497 g/mol. The zero-order valence-corrected chi connectivity index (χ0v) is 17.4. The highest BCUT2D eigenvalue weighted by molar-refractivity contribution is 14.1. The number of pyridine rings is 2. The second kappa shape index (κ2) is 7.14. The Morgan fingerprint density at radius 1 is 1.00 bits per heavy atom. The van der Waals surface area contributed by atoms with Crippen LogP contribution in [0.4, 0.5) is 5.95 Å². The van der Waals surface area contributed by atoms with Crippen LogP contribution in [0, 0.1) is 3.70 Å². The smallest absolute Gasteiger partial charge is 0.260 e. The summed E-state index contributed by atoms with van der Waals surface area (Å²) in [5.41, 5.74) is 8.83. The average molecular weight is 497 g/mol. The summed E-state index contributed by atoms with van der Waals surface area (Å²) in [4.78, 5) is 21.7. The zero-order valence-electron chi connectivity index (χ0n) is 15.3. The third kappa shape index (κ3) is 3.15. The fourth-order valence-electron chi connectivity index (χ4n) is 3.56. The molecule has 144 valence electrons. The van der Waals surface area contributed by atoms with Crippen molar-refractivity contribution >= 4 is 28.5 Å². The molecule has 4 aromatic rings. The van der Waals surface area contributed by atoms with Crippen LogP contribution in [0.5, 0.6) is 0 Å². The van der Waals surface area contributed by atoms with E-state index < -0.39 is 0 Å². The first-order valence-electron chi connectivity index (χ1n) is 9.15. The summed E-state index contributed by atoms with van der Waals surface area (Å²) >= 11 is 2.17. The van der Waals surface area contributed by atoms with E-state index >= 15 is 0 Å². The highest BCUT2D eigenvalue weighted by Gasteiger charge is 2.45. The van der Waals surface area contributed by atoms with Crippen LogP contribution in [0.3, 0.4) is 0 Å². The molecule has 1 aliphatic rings. The minimum atomic E-state index is -0.265. The molecule has 0 atom stereocenters. The van der Waals surface area contributed by atoms with Crippen LogP contribution in [0.1, 0.15) is 30.7 Å². The quantitative estimate of drug-likeness (QED) is 0.336. The molecule has 8 nitrogen and oxygen atoms in total. The number of rotatable bonds is 4. The normalized spacial score (nSPS) is 15.1. The van der Waals surface area contributed by atoms with Crippen molar-refractivity contribution in [2.45, 2.75) is 24.7 Å². The van der Waals surface area contributed by atoms with Gasteiger partial charge in [-0.1, -0.05) is 17.6 Å². The lowest BCUT2D eigenvalue weighted by Crippen LogP contribution is -2.36. The second-order valence-electron chi connectivity index (χ2n) is 6.96. The predicted octanol–water partition coefficient (Wildman–Crippen LogP) is 3.64. The Bertz CT molecular complexity index is 1150. The Labute approximate surface area is 180 Å². The molecule has 0 bridgehead atoms. The highest BCUT2D eigenvalue weighted by atomic mass is 127. The summed E-state index contributed by atoms with van der Waals surface area (Å²) in [5, 5.41) is 4.32. The fourth-order valence-corrected chi connectivity index (χ4v) is 4.13. The molecule has 0 spiro atoms. The lowest BCUT2D eigenvalue weighted by Gasteiger charge is -2.39. The second-order valence-corrected chi connectivity index (χ2v) is 7.98. The lowest BCUT2D eigenvalue weighted by atomic mass is 9.64. The van der Waals surface area contributed by atoms with Crippen LogP contribution < -0.4 is 5.73 Å². The van der Waals surface area contributed by atoms with Gasteiger partial charge >= 0.3 is 0 Å². The maximum atomic E-state index is 5.58. The van der Waals surface area contributed by atoms with Crippen LogP contribution in [-0.2, 0) is 5.41 Å². The van der Waals surface area contributed by atoms with Crippen molar-refractivity contribution in [3.8, 4) is 22.7 Å². The number of halogens is 1. The first-order valence-corrected chi connectivity index (χ1v) is 10.2. The molecule has 1 aliphatic carbocycles. The molecule has 0 radical (unpaired) electrons. The van der Waals surface area contributed by atoms with Gasteiger partial charge in [0.15, 0.2) is 5.82 Å². The summed E-state index contributed by atoms with van der Waals surface area (Å²) in [6, 6.07) is 7.84. The number of nitrogens with two attached hydrogens (primary N) is 1. The SMILES string of the molecule is Nc1ncc(-c2ccc(C3(c4noc(-c5cccnc5I)n4)CCC3)cn2)cn1. The lowest BCUT2D eigenvalue weighted by molar-refractivity contribution is 0.272. The van der Waals surface area contributed by atoms with Crippen LogP contribution in [0.2, 0.25) is 0 Å². The van der Waals surface area contributed by atoms with Crippen molar-refractivity contribution < 1.29 is 4.52 Å². The molecule has 0 saturated heterocycles. The number of nitrogens with zero attached hydrogens (tertiary/aromatic N) is 6. The Morgan fingerprint density at radius 3 is 2.48 bits per heavy atom. The van der Waals surface area contributed by atoms with E-state index in [9.17, 15) is 0 Å². The number of hydrogen-bond donors (Lipinski definition) is 1. The molecule has 29 heavy (non-hydrogen) atoms. The first kappa shape index (κ1) is 18.1. The van der Waals surface area contributed by atoms with Crippen LogP contribution in [-0.4, -0.2) is 30.1 Å². The summed E-state index contributed by atoms with van der Waals surface area (Å²) in [6.45, 7) is 0. The molecular formula is C20H16IN7O. The van der Waals surface area contributed by atoms with Gasteiger partial charge < -0.3 is 10.3 Å². The van der Waals surface area contributed by atoms with Crippen molar-refractivity contribution in [2.24, 2.45) is 0 Å². The van der Waals surface area contributed by atoms with Gasteiger partial charge in [-0.25, -0.2) is 15.0 Å². The van der Waals surface area contributed by atoms with E-state index in [-0.39, 0.29) is 11.4 Å². The Hall–Kier alpha value is -2.95. The maximum absolute atomic E-state index is 5.58. The van der Waals surface area contributed by atoms with Gasteiger partial charge in [-0.2, -0.15) is 4.98 Å². The molecule has 4 aromatic heterocycles. The molecule has 0 aliphatic heterocycles. The molecule has 0 amide bonds. The van der Waals surface area contributed by atoms with Crippen molar-refractivity contribution in [3.63, 3.8) is 0 Å². The molecule has 1 fully saturated rings. The summed E-state index contributed by atoms with van der Waals surface area (Å²) in [6.07, 6.45) is 10.0. The Morgan fingerprint density at radius 2 is 1.83 bits per heavy atom. The van der Waals surface area contributed by atoms with Gasteiger partial charge in [0.2, 0.25) is 5.95 Å². The molecule has 4 heterocycles. The fraction of sp³-hybridized carbons (Fsp3) is 0.200. The van der Waals surface area contributed by atoms with Crippen LogP contribution in [0.25, 0.3) is 22.7 Å². The maximum Gasteiger partial charge on any atom is 0.260 e. The van der Waals surface area contributed by atoms with E-state index in [2.05, 4.69) is 53.7 Å². The van der Waals surface area contributed by atoms with E-state index in [0.717, 1.165) is 45.3 Å². The number of anilines is 1. The van der Waals surface area contributed by atoms with E-state index in [1.54, 1.807) is 18.6 Å². The number of nitrogen functional groups attached to an aromatic ring is 1. The third-order valence-electron chi connectivity index (χ3n) is 5.33. The summed E-state index contributed by atoms with van der Waals surface area (Å²) in [7, 11) is 0. The van der Waals surface area contributed by atoms with E-state index in [4.69, 9.17) is 15.2 Å². The minimum absolute atomic E-state index is 0.245. The van der Waals surface area contributed by atoms with Crippen LogP contribution in [0.15, 0.2) is 53.6 Å². The van der Waals surface area contributed by atoms with Gasteiger partial charge in [0.1, 0.15) is 3.70 Å². The van der Waals surface area contributed by atoms with Crippen molar-refractivity contribution in [3.05, 3.63) is 64.1 Å². The van der Waals surface area contributed by atoms with Gasteiger partial charge in [-0.05, 0) is 59.2 Å². The van der Waals surface area contributed by atoms with E-state index in [1.807, 2.05) is 24.4 Å². The molecule has 2 N–H and O–H groups in total. The summed E-state index contributed by atoms with van der Waals surface area (Å²) in [5.74, 6) is 1.44. The molecular weight excluding hydrogens is 481 g/mol. The van der Waals surface area contributed by atoms with Gasteiger partial charge in [-0.3, -0.25) is 4.98 Å². The van der Waals surface area contributed by atoms with Crippen molar-refractivity contribution in [1.29, 1.82) is 0 Å². The predicted molar refractivity (Wildman–Crippen MR) is 115 cm³/mol. The van der Waals surface area contributed by atoms with Gasteiger partial charge in [0, 0.05) is 30.4 Å². The first-order chi connectivity index (χ1) is 14.2. The molecule has 0 unspecified atom stereocenters. The largest absolute Gasteiger partial charge is 0.368 e. The van der Waals surface area contributed by atoms with Gasteiger partial charge in [0.25, 0.3) is 5.89 Å². The average Bonchev–Trinajstić information content (AvgIpc) is 3.19. The number of aromatic nitrogens is 6. The molecule has 0 aromatic carbocycles. The van der Waals surface area contributed by atoms with E-state index in [0.29, 0.717) is 11.7 Å². The highest BCUT2D eigenvalue weighted by Crippen LogP contribution is 2.48. The third-order valence-corrected chi connectivity index (χ3v) is 6.19. The topological polar surface area (TPSA) is 116 Å². The standard InChI is InChI=1S/C20H16IN7O/c21-16-14(3-1-8-23-16)17-27-18(28-29-17)20(6-2-7-20)13-4-5-15(24-11-13)12-9-25-19(22)26-10-12/h1,3-5,8-11H,2,6-7H2,(H2,22,25,26). The Kier molecular flexibility index (Phi) is 4.46. The van der Waals surface area contributed by atoms with Crippen molar-refractivity contribution in [2.75, 3.05) is 5.73 Å². The van der Waals surface area contributed by atoms with Gasteiger partial charge in [0.05, 0.1) is 16.7 Å². The Balaban J connectivity index is 1.48. The van der Waals surface area contributed by atoms with Gasteiger partial charge in [-0.15, -0.1) is 0 Å². The van der Waals surface area contributed by atoms with Crippen molar-refractivity contribution in [1.82, 2.24) is 30.1 Å². The number of hydrogen-bond acceptors (Lipinski definition) is 8. The molecule has 9 heteroatoms. The molecule has 5 rings (SSSR count). The van der Waals surface area contributed by atoms with Crippen LogP contribution >= 0.6 is 22.6 Å². The van der Waals surface area contributed by atoms with E-state index in [1.165, 1.54) is 0 Å². The molecule has 1 saturated carbocycles. The zero-order chi connectivity index (χ0) is 19.8. The summed E-state index contributed by atoms with van der Waals surface area (Å²) < 4.78 is 6.42.